The Hall–Kier alpha value is -1.87. The van der Waals surface area contributed by atoms with Crippen molar-refractivity contribution in [3.05, 3.63) is 60.2 Å². The second-order valence-corrected chi connectivity index (χ2v) is 5.32. The van der Waals surface area contributed by atoms with Crippen LogP contribution in [0.5, 0.6) is 0 Å². The van der Waals surface area contributed by atoms with Gasteiger partial charge in [-0.1, -0.05) is 23.8 Å². The minimum Gasteiger partial charge on any atom is -0.312 e. The van der Waals surface area contributed by atoms with Gasteiger partial charge in [0.15, 0.2) is 0 Å². The van der Waals surface area contributed by atoms with Crippen LogP contribution in [0.3, 0.4) is 0 Å². The Morgan fingerprint density at radius 1 is 1.20 bits per heavy atom. The molecule has 0 aliphatic heterocycles. The summed E-state index contributed by atoms with van der Waals surface area (Å²) in [6, 6.07) is 8.63. The predicted octanol–water partition coefficient (Wildman–Crippen LogP) is 3.46. The first-order chi connectivity index (χ1) is 9.92. The summed E-state index contributed by atoms with van der Waals surface area (Å²) in [5, 5.41) is 3.52. The molecule has 0 atom stereocenters. The van der Waals surface area contributed by atoms with Crippen molar-refractivity contribution in [3.8, 4) is 5.69 Å². The predicted molar refractivity (Wildman–Crippen MR) is 81.8 cm³/mol. The molecule has 1 aliphatic carbocycles. The van der Waals surface area contributed by atoms with Gasteiger partial charge < -0.3 is 9.88 Å². The lowest BCUT2D eigenvalue weighted by Crippen LogP contribution is -2.15. The van der Waals surface area contributed by atoms with Gasteiger partial charge in [-0.05, 0) is 49.9 Å². The van der Waals surface area contributed by atoms with Crippen molar-refractivity contribution in [3.63, 3.8) is 0 Å². The molecule has 1 heterocycles. The first-order valence-electron chi connectivity index (χ1n) is 7.38. The van der Waals surface area contributed by atoms with Crippen molar-refractivity contribution < 1.29 is 0 Å². The van der Waals surface area contributed by atoms with E-state index in [1.54, 1.807) is 11.8 Å². The number of aromatic nitrogens is 2. The fourth-order valence-electron chi connectivity index (χ4n) is 2.64. The van der Waals surface area contributed by atoms with Gasteiger partial charge in [-0.3, -0.25) is 0 Å². The number of imidazole rings is 1. The highest BCUT2D eigenvalue weighted by molar-refractivity contribution is 5.34. The molecule has 2 aromatic rings. The first-order valence-corrected chi connectivity index (χ1v) is 7.38. The number of rotatable bonds is 6. The van der Waals surface area contributed by atoms with Crippen LogP contribution in [-0.4, -0.2) is 16.1 Å². The van der Waals surface area contributed by atoms with Crippen molar-refractivity contribution in [2.24, 2.45) is 0 Å². The Bertz CT molecular complexity index is 552. The van der Waals surface area contributed by atoms with Crippen LogP contribution < -0.4 is 5.32 Å². The molecule has 0 saturated heterocycles. The van der Waals surface area contributed by atoms with Crippen LogP contribution in [0, 0.1) is 0 Å². The van der Waals surface area contributed by atoms with Gasteiger partial charge in [0, 0.05) is 24.6 Å². The van der Waals surface area contributed by atoms with Crippen LogP contribution in [0.2, 0.25) is 0 Å². The fourth-order valence-corrected chi connectivity index (χ4v) is 2.64. The van der Waals surface area contributed by atoms with E-state index >= 15 is 0 Å². The topological polar surface area (TPSA) is 29.9 Å². The van der Waals surface area contributed by atoms with E-state index < -0.39 is 0 Å². The van der Waals surface area contributed by atoms with E-state index in [9.17, 15) is 0 Å². The molecule has 0 radical (unpaired) electrons. The van der Waals surface area contributed by atoms with Crippen LogP contribution in [0.15, 0.2) is 54.6 Å². The molecular weight excluding hydrogens is 246 g/mol. The molecule has 104 valence electrons. The van der Waals surface area contributed by atoms with E-state index in [4.69, 9.17) is 0 Å². The molecule has 20 heavy (non-hydrogen) atoms. The Kier molecular flexibility index (Phi) is 4.28. The van der Waals surface area contributed by atoms with Gasteiger partial charge in [-0.2, -0.15) is 0 Å². The van der Waals surface area contributed by atoms with E-state index in [2.05, 4.69) is 40.6 Å². The normalized spacial score (nSPS) is 14.5. The molecule has 3 rings (SSSR count). The maximum Gasteiger partial charge on any atom is 0.0991 e. The van der Waals surface area contributed by atoms with Gasteiger partial charge in [0.2, 0.25) is 0 Å². The van der Waals surface area contributed by atoms with Crippen molar-refractivity contribution >= 4 is 0 Å². The summed E-state index contributed by atoms with van der Waals surface area (Å²) in [6.07, 6.45) is 13.1. The van der Waals surface area contributed by atoms with E-state index in [0.29, 0.717) is 0 Å². The molecule has 3 heteroatoms. The fraction of sp³-hybridized carbons (Fsp3) is 0.353. The molecule has 1 aliphatic rings. The van der Waals surface area contributed by atoms with Gasteiger partial charge in [-0.15, -0.1) is 0 Å². The molecule has 1 aromatic carbocycles. The number of benzene rings is 1. The number of nitrogens with zero attached hydrogens (tertiary/aromatic N) is 2. The zero-order valence-corrected chi connectivity index (χ0v) is 11.8. The van der Waals surface area contributed by atoms with Crippen LogP contribution in [0.25, 0.3) is 5.69 Å². The molecule has 0 amide bonds. The average Bonchev–Trinajstić information content (AvgIpc) is 3.17. The lowest BCUT2D eigenvalue weighted by molar-refractivity contribution is 0.676. The Morgan fingerprint density at radius 2 is 2.10 bits per heavy atom. The minimum atomic E-state index is 0.942. The quantitative estimate of drug-likeness (QED) is 0.641. The molecule has 0 bridgehead atoms. The summed E-state index contributed by atoms with van der Waals surface area (Å²) in [5.41, 5.74) is 4.12. The SMILES string of the molecule is C1=C(CCNCc2ccc(-n3ccnc3)cc2)CCC1. The second kappa shape index (κ2) is 6.53. The van der Waals surface area contributed by atoms with Gasteiger partial charge in [0.25, 0.3) is 0 Å². The largest absolute Gasteiger partial charge is 0.312 e. The lowest BCUT2D eigenvalue weighted by Gasteiger charge is -2.07. The lowest BCUT2D eigenvalue weighted by atomic mass is 10.1. The molecule has 0 saturated carbocycles. The summed E-state index contributed by atoms with van der Waals surface area (Å²) < 4.78 is 2.02. The number of nitrogens with one attached hydrogen (secondary N) is 1. The highest BCUT2D eigenvalue weighted by atomic mass is 15.0. The molecular formula is C17H21N3. The zero-order chi connectivity index (χ0) is 13.6. The standard InChI is InChI=1S/C17H21N3/c1-2-4-15(3-1)9-10-18-13-16-5-7-17(8-6-16)20-12-11-19-14-20/h3,5-8,11-12,14,18H,1-2,4,9-10,13H2. The third-order valence-electron chi connectivity index (χ3n) is 3.83. The highest BCUT2D eigenvalue weighted by Gasteiger charge is 2.03. The Morgan fingerprint density at radius 3 is 2.80 bits per heavy atom. The third kappa shape index (κ3) is 3.36. The van der Waals surface area contributed by atoms with Gasteiger partial charge >= 0.3 is 0 Å². The summed E-state index contributed by atoms with van der Waals surface area (Å²) in [7, 11) is 0. The molecule has 1 aromatic heterocycles. The average molecular weight is 267 g/mol. The van der Waals surface area contributed by atoms with E-state index in [1.165, 1.54) is 31.2 Å². The van der Waals surface area contributed by atoms with Gasteiger partial charge in [0.05, 0.1) is 6.33 Å². The smallest absolute Gasteiger partial charge is 0.0991 e. The summed E-state index contributed by atoms with van der Waals surface area (Å²) in [6.45, 7) is 2.02. The van der Waals surface area contributed by atoms with Crippen molar-refractivity contribution in [2.75, 3.05) is 6.54 Å². The van der Waals surface area contributed by atoms with Crippen LogP contribution in [0.1, 0.15) is 31.2 Å². The second-order valence-electron chi connectivity index (χ2n) is 5.32. The van der Waals surface area contributed by atoms with Crippen LogP contribution >= 0.6 is 0 Å². The molecule has 0 fully saturated rings. The third-order valence-corrected chi connectivity index (χ3v) is 3.83. The monoisotopic (exact) mass is 267 g/mol. The molecule has 1 N–H and O–H groups in total. The Balaban J connectivity index is 1.46. The zero-order valence-electron chi connectivity index (χ0n) is 11.8. The van der Waals surface area contributed by atoms with Crippen LogP contribution in [-0.2, 0) is 6.54 Å². The van der Waals surface area contributed by atoms with Gasteiger partial charge in [0.1, 0.15) is 0 Å². The van der Waals surface area contributed by atoms with Crippen molar-refractivity contribution in [2.45, 2.75) is 32.2 Å². The van der Waals surface area contributed by atoms with E-state index in [1.807, 2.05) is 17.1 Å². The molecule has 0 unspecified atom stereocenters. The molecule has 3 nitrogen and oxygen atoms in total. The highest BCUT2D eigenvalue weighted by Crippen LogP contribution is 2.19. The van der Waals surface area contributed by atoms with Crippen LogP contribution in [0.4, 0.5) is 0 Å². The minimum absolute atomic E-state index is 0.942. The Labute approximate surface area is 120 Å². The number of hydrogen-bond acceptors (Lipinski definition) is 2. The first kappa shape index (κ1) is 13.1. The number of allylic oxidation sites excluding steroid dienone is 1. The van der Waals surface area contributed by atoms with Gasteiger partial charge in [-0.25, -0.2) is 4.98 Å². The van der Waals surface area contributed by atoms with E-state index in [0.717, 1.165) is 18.8 Å². The summed E-state index contributed by atoms with van der Waals surface area (Å²) in [5.74, 6) is 0. The van der Waals surface area contributed by atoms with Crippen molar-refractivity contribution in [1.29, 1.82) is 0 Å². The maximum absolute atomic E-state index is 4.06. The number of hydrogen-bond donors (Lipinski definition) is 1. The maximum atomic E-state index is 4.06. The van der Waals surface area contributed by atoms with E-state index in [-0.39, 0.29) is 0 Å². The summed E-state index contributed by atoms with van der Waals surface area (Å²) >= 11 is 0. The molecule has 0 spiro atoms. The van der Waals surface area contributed by atoms with Crippen molar-refractivity contribution in [1.82, 2.24) is 14.9 Å². The summed E-state index contributed by atoms with van der Waals surface area (Å²) in [4.78, 5) is 4.06.